The summed E-state index contributed by atoms with van der Waals surface area (Å²) in [5, 5.41) is 0. The average molecular weight is 238 g/mol. The van der Waals surface area contributed by atoms with Crippen LogP contribution in [0.5, 0.6) is 0 Å². The Labute approximate surface area is 107 Å². The number of nitrogens with zero attached hydrogens (tertiary/aromatic N) is 1. The van der Waals surface area contributed by atoms with Crippen molar-refractivity contribution >= 4 is 0 Å². The van der Waals surface area contributed by atoms with Crippen molar-refractivity contribution in [3.05, 3.63) is 0 Å². The van der Waals surface area contributed by atoms with E-state index in [0.717, 1.165) is 18.6 Å². The molecule has 100 valence electrons. The maximum absolute atomic E-state index is 6.12. The summed E-state index contributed by atoms with van der Waals surface area (Å²) < 4.78 is 0. The first-order chi connectivity index (χ1) is 8.17. The van der Waals surface area contributed by atoms with Crippen LogP contribution in [0.15, 0.2) is 0 Å². The first kappa shape index (κ1) is 13.4. The van der Waals surface area contributed by atoms with Crippen molar-refractivity contribution in [2.75, 3.05) is 13.1 Å². The summed E-state index contributed by atoms with van der Waals surface area (Å²) >= 11 is 0. The fourth-order valence-corrected chi connectivity index (χ4v) is 3.90. The zero-order valence-electron chi connectivity index (χ0n) is 11.8. The lowest BCUT2D eigenvalue weighted by atomic mass is 9.73. The Kier molecular flexibility index (Phi) is 4.48. The van der Waals surface area contributed by atoms with E-state index in [-0.39, 0.29) is 0 Å². The molecule has 2 heteroatoms. The maximum atomic E-state index is 6.12. The Hall–Kier alpha value is -0.0800. The van der Waals surface area contributed by atoms with Crippen molar-refractivity contribution in [2.45, 2.75) is 77.3 Å². The molecule has 2 fully saturated rings. The summed E-state index contributed by atoms with van der Waals surface area (Å²) in [5.74, 6) is 0. The molecule has 17 heavy (non-hydrogen) atoms. The summed E-state index contributed by atoms with van der Waals surface area (Å²) in [6, 6.07) is 1.54. The van der Waals surface area contributed by atoms with Crippen molar-refractivity contribution in [3.63, 3.8) is 0 Å². The summed E-state index contributed by atoms with van der Waals surface area (Å²) in [5.41, 5.74) is 6.56. The van der Waals surface area contributed by atoms with Crippen LogP contribution in [-0.2, 0) is 0 Å². The number of piperidine rings is 1. The van der Waals surface area contributed by atoms with Crippen molar-refractivity contribution < 1.29 is 0 Å². The van der Waals surface area contributed by atoms with Gasteiger partial charge in [0.05, 0.1) is 0 Å². The van der Waals surface area contributed by atoms with E-state index in [4.69, 9.17) is 5.73 Å². The minimum atomic E-state index is 0.443. The molecule has 1 saturated carbocycles. The third-order valence-corrected chi connectivity index (χ3v) is 5.24. The van der Waals surface area contributed by atoms with E-state index < -0.39 is 0 Å². The highest BCUT2D eigenvalue weighted by molar-refractivity contribution is 4.91. The van der Waals surface area contributed by atoms with Crippen LogP contribution in [0.2, 0.25) is 0 Å². The largest absolute Gasteiger partial charge is 0.330 e. The Morgan fingerprint density at radius 1 is 1.00 bits per heavy atom. The molecular formula is C15H30N2. The lowest BCUT2D eigenvalue weighted by molar-refractivity contribution is 0.0333. The second kappa shape index (κ2) is 5.71. The molecule has 1 aliphatic heterocycles. The van der Waals surface area contributed by atoms with Gasteiger partial charge in [0.2, 0.25) is 0 Å². The van der Waals surface area contributed by atoms with Crippen molar-refractivity contribution in [1.82, 2.24) is 4.90 Å². The smallest absolute Gasteiger partial charge is 0.00700 e. The maximum Gasteiger partial charge on any atom is 0.00700 e. The molecule has 2 atom stereocenters. The minimum absolute atomic E-state index is 0.443. The minimum Gasteiger partial charge on any atom is -0.330 e. The standard InChI is InChI=1S/C15H30N2/c1-13-7-6-8-14(2)17(13)12-15(11-16)9-4-3-5-10-15/h13-14H,3-12,16H2,1-2H3. The number of nitrogens with two attached hydrogens (primary N) is 1. The van der Waals surface area contributed by atoms with Crippen LogP contribution in [0.1, 0.15) is 65.2 Å². The molecule has 1 heterocycles. The van der Waals surface area contributed by atoms with Crippen molar-refractivity contribution in [2.24, 2.45) is 11.1 Å². The fraction of sp³-hybridized carbons (Fsp3) is 1.00. The molecule has 2 aliphatic rings. The predicted molar refractivity (Wildman–Crippen MR) is 74.1 cm³/mol. The van der Waals surface area contributed by atoms with Gasteiger partial charge in [-0.3, -0.25) is 4.90 Å². The molecule has 1 saturated heterocycles. The van der Waals surface area contributed by atoms with Gasteiger partial charge in [0.15, 0.2) is 0 Å². The summed E-state index contributed by atoms with van der Waals surface area (Å²) in [6.07, 6.45) is 11.1. The molecule has 0 aromatic carbocycles. The van der Waals surface area contributed by atoms with E-state index in [1.54, 1.807) is 0 Å². The topological polar surface area (TPSA) is 29.3 Å². The third-order valence-electron chi connectivity index (χ3n) is 5.24. The molecule has 2 nitrogen and oxygen atoms in total. The van der Waals surface area contributed by atoms with Gasteiger partial charge in [-0.2, -0.15) is 0 Å². The Bertz CT molecular complexity index is 223. The molecule has 1 aliphatic carbocycles. The van der Waals surface area contributed by atoms with Crippen molar-refractivity contribution in [3.8, 4) is 0 Å². The van der Waals surface area contributed by atoms with Crippen LogP contribution in [0.4, 0.5) is 0 Å². The molecule has 2 unspecified atom stereocenters. The summed E-state index contributed by atoms with van der Waals surface area (Å²) in [4.78, 5) is 2.75. The average Bonchev–Trinajstić information content (AvgIpc) is 2.35. The van der Waals surface area contributed by atoms with Gasteiger partial charge in [0, 0.05) is 18.6 Å². The van der Waals surface area contributed by atoms with E-state index in [0.29, 0.717) is 5.41 Å². The first-order valence-electron chi connectivity index (χ1n) is 7.63. The van der Waals surface area contributed by atoms with E-state index in [1.165, 1.54) is 57.9 Å². The lowest BCUT2D eigenvalue weighted by Gasteiger charge is -2.47. The normalized spacial score (nSPS) is 34.8. The first-order valence-corrected chi connectivity index (χ1v) is 7.63. The molecule has 0 spiro atoms. The Morgan fingerprint density at radius 2 is 1.59 bits per heavy atom. The molecule has 0 aromatic heterocycles. The van der Waals surface area contributed by atoms with Gasteiger partial charge >= 0.3 is 0 Å². The SMILES string of the molecule is CC1CCCC(C)N1CC1(CN)CCCCC1. The predicted octanol–water partition coefficient (Wildman–Crippen LogP) is 3.16. The third kappa shape index (κ3) is 3.03. The summed E-state index contributed by atoms with van der Waals surface area (Å²) in [6.45, 7) is 6.96. The van der Waals surface area contributed by atoms with Gasteiger partial charge in [-0.1, -0.05) is 25.7 Å². The van der Waals surface area contributed by atoms with Gasteiger partial charge in [0.1, 0.15) is 0 Å². The Balaban J connectivity index is 2.00. The highest BCUT2D eigenvalue weighted by atomic mass is 15.2. The number of rotatable bonds is 3. The zero-order valence-corrected chi connectivity index (χ0v) is 11.8. The quantitative estimate of drug-likeness (QED) is 0.818. The summed E-state index contributed by atoms with van der Waals surface area (Å²) in [7, 11) is 0. The van der Waals surface area contributed by atoms with Crippen LogP contribution in [0, 0.1) is 5.41 Å². The van der Waals surface area contributed by atoms with Crippen LogP contribution in [0.25, 0.3) is 0 Å². The van der Waals surface area contributed by atoms with Crippen LogP contribution >= 0.6 is 0 Å². The molecule has 2 rings (SSSR count). The molecule has 0 aromatic rings. The number of hydrogen-bond donors (Lipinski definition) is 1. The second-order valence-corrected chi connectivity index (χ2v) is 6.57. The van der Waals surface area contributed by atoms with E-state index >= 15 is 0 Å². The highest BCUT2D eigenvalue weighted by Crippen LogP contribution is 2.38. The van der Waals surface area contributed by atoms with Gasteiger partial charge in [-0.25, -0.2) is 0 Å². The number of hydrogen-bond acceptors (Lipinski definition) is 2. The number of likely N-dealkylation sites (tertiary alicyclic amines) is 1. The highest BCUT2D eigenvalue weighted by Gasteiger charge is 2.36. The molecular weight excluding hydrogens is 208 g/mol. The molecule has 0 bridgehead atoms. The van der Waals surface area contributed by atoms with Gasteiger partial charge in [-0.05, 0) is 51.5 Å². The molecule has 0 amide bonds. The van der Waals surface area contributed by atoms with E-state index in [9.17, 15) is 0 Å². The monoisotopic (exact) mass is 238 g/mol. The van der Waals surface area contributed by atoms with Crippen LogP contribution in [0.3, 0.4) is 0 Å². The Morgan fingerprint density at radius 3 is 2.12 bits per heavy atom. The fourth-order valence-electron chi connectivity index (χ4n) is 3.90. The van der Waals surface area contributed by atoms with Gasteiger partial charge < -0.3 is 5.73 Å². The van der Waals surface area contributed by atoms with E-state index in [1.807, 2.05) is 0 Å². The van der Waals surface area contributed by atoms with E-state index in [2.05, 4.69) is 18.7 Å². The van der Waals surface area contributed by atoms with Gasteiger partial charge in [0.25, 0.3) is 0 Å². The zero-order chi connectivity index (χ0) is 12.3. The van der Waals surface area contributed by atoms with Crippen molar-refractivity contribution in [1.29, 1.82) is 0 Å². The lowest BCUT2D eigenvalue weighted by Crippen LogP contribution is -2.51. The molecule has 0 radical (unpaired) electrons. The van der Waals surface area contributed by atoms with Gasteiger partial charge in [-0.15, -0.1) is 0 Å². The second-order valence-electron chi connectivity index (χ2n) is 6.57. The molecule has 2 N–H and O–H groups in total. The van der Waals surface area contributed by atoms with Crippen LogP contribution in [-0.4, -0.2) is 30.1 Å². The van der Waals surface area contributed by atoms with Crippen LogP contribution < -0.4 is 5.73 Å².